The minimum Gasteiger partial charge on any atom is -0.481 e. The number of halogens is 3. The summed E-state index contributed by atoms with van der Waals surface area (Å²) in [6, 6.07) is -2.38. The smallest absolute Gasteiger partial charge is 0.481 e. The number of rotatable bonds is 8. The summed E-state index contributed by atoms with van der Waals surface area (Å²) in [5, 5.41) is 17.9. The zero-order valence-corrected chi connectivity index (χ0v) is 14.2. The number of carbonyl (C=O) groups excluding carboxylic acids is 3. The van der Waals surface area contributed by atoms with E-state index in [2.05, 4.69) is 14.8 Å². The average Bonchev–Trinajstić information content (AvgIpc) is 2.56. The highest BCUT2D eigenvalue weighted by atomic mass is 19.4. The van der Waals surface area contributed by atoms with Crippen molar-refractivity contribution in [1.82, 2.24) is 5.32 Å². The van der Waals surface area contributed by atoms with Crippen molar-refractivity contribution >= 4 is 29.8 Å². The van der Waals surface area contributed by atoms with E-state index in [0.717, 1.165) is 7.11 Å². The van der Waals surface area contributed by atoms with Crippen LogP contribution < -0.4 is 11.1 Å². The number of ether oxygens (including phenoxy) is 2. The Bertz CT molecular complexity index is 552. The molecule has 0 fully saturated rings. The number of carboxylic acid groups (broad SMARTS) is 2. The van der Waals surface area contributed by atoms with E-state index < -0.39 is 54.5 Å². The first-order valence-electron chi connectivity index (χ1n) is 6.98. The highest BCUT2D eigenvalue weighted by Gasteiger charge is 2.38. The fourth-order valence-corrected chi connectivity index (χ4v) is 1.32. The Balaban J connectivity index is 0. The quantitative estimate of drug-likeness (QED) is 0.367. The van der Waals surface area contributed by atoms with Gasteiger partial charge in [-0.2, -0.15) is 13.2 Å². The Morgan fingerprint density at radius 2 is 1.56 bits per heavy atom. The summed E-state index contributed by atoms with van der Waals surface area (Å²) in [4.78, 5) is 53.4. The first-order chi connectivity index (χ1) is 12.3. The van der Waals surface area contributed by atoms with Crippen molar-refractivity contribution in [2.75, 3.05) is 14.2 Å². The molecule has 0 aliphatic heterocycles. The van der Waals surface area contributed by atoms with Gasteiger partial charge in [0.05, 0.1) is 26.7 Å². The molecular formula is C13H19F3N2O9. The Morgan fingerprint density at radius 1 is 1.07 bits per heavy atom. The molecule has 5 N–H and O–H groups in total. The first-order valence-corrected chi connectivity index (χ1v) is 6.98. The minimum atomic E-state index is -5.08. The highest BCUT2D eigenvalue weighted by molar-refractivity contribution is 5.90. The molecule has 0 spiro atoms. The second-order valence-corrected chi connectivity index (χ2v) is 4.71. The first kappa shape index (κ1) is 26.3. The molecule has 1 amide bonds. The number of carbonyl (C=O) groups is 5. The van der Waals surface area contributed by atoms with Crippen molar-refractivity contribution in [3.63, 3.8) is 0 Å². The third-order valence-electron chi connectivity index (χ3n) is 2.64. The SMILES string of the molecule is COC(=O)CC[C@H](NC(=O)[C@@H](N)CC(=O)O)C(=O)OC.O=C(O)C(F)(F)F. The fourth-order valence-electron chi connectivity index (χ4n) is 1.32. The summed E-state index contributed by atoms with van der Waals surface area (Å²) in [7, 11) is 2.31. The molecule has 0 saturated carbocycles. The highest BCUT2D eigenvalue weighted by Crippen LogP contribution is 2.13. The van der Waals surface area contributed by atoms with Crippen LogP contribution in [-0.2, 0) is 33.4 Å². The van der Waals surface area contributed by atoms with Gasteiger partial charge in [0.15, 0.2) is 0 Å². The van der Waals surface area contributed by atoms with Crippen molar-refractivity contribution in [3.05, 3.63) is 0 Å². The van der Waals surface area contributed by atoms with Crippen LogP contribution in [0.2, 0.25) is 0 Å². The molecular weight excluding hydrogens is 385 g/mol. The summed E-state index contributed by atoms with van der Waals surface area (Å²) in [6.45, 7) is 0. The number of methoxy groups -OCH3 is 2. The topological polar surface area (TPSA) is 182 Å². The molecule has 11 nitrogen and oxygen atoms in total. The number of nitrogens with one attached hydrogen (secondary N) is 1. The Morgan fingerprint density at radius 3 is 1.89 bits per heavy atom. The van der Waals surface area contributed by atoms with Crippen molar-refractivity contribution in [2.24, 2.45) is 5.73 Å². The third kappa shape index (κ3) is 13.0. The van der Waals surface area contributed by atoms with Crippen LogP contribution in [0.1, 0.15) is 19.3 Å². The number of esters is 2. The van der Waals surface area contributed by atoms with E-state index in [9.17, 15) is 32.3 Å². The number of hydrogen-bond acceptors (Lipinski definition) is 8. The molecule has 27 heavy (non-hydrogen) atoms. The van der Waals surface area contributed by atoms with Gasteiger partial charge >= 0.3 is 30.1 Å². The number of amides is 1. The predicted molar refractivity (Wildman–Crippen MR) is 79.1 cm³/mol. The molecule has 14 heteroatoms. The summed E-state index contributed by atoms with van der Waals surface area (Å²) in [5.74, 6) is -6.12. The van der Waals surface area contributed by atoms with E-state index >= 15 is 0 Å². The second-order valence-electron chi connectivity index (χ2n) is 4.71. The molecule has 0 rings (SSSR count). The largest absolute Gasteiger partial charge is 0.490 e. The van der Waals surface area contributed by atoms with Crippen molar-refractivity contribution in [1.29, 1.82) is 0 Å². The Labute approximate surface area is 150 Å². The fraction of sp³-hybridized carbons (Fsp3) is 0.615. The van der Waals surface area contributed by atoms with Gasteiger partial charge in [0.25, 0.3) is 0 Å². The molecule has 156 valence electrons. The lowest BCUT2D eigenvalue weighted by atomic mass is 10.1. The van der Waals surface area contributed by atoms with Crippen LogP contribution >= 0.6 is 0 Å². The summed E-state index contributed by atoms with van der Waals surface area (Å²) in [6.07, 6.45) is -5.80. The molecule has 0 radical (unpaired) electrons. The van der Waals surface area contributed by atoms with Crippen LogP contribution in [0.3, 0.4) is 0 Å². The molecule has 0 aromatic rings. The van der Waals surface area contributed by atoms with Gasteiger partial charge in [-0.05, 0) is 6.42 Å². The summed E-state index contributed by atoms with van der Waals surface area (Å²) in [5.41, 5.74) is 5.35. The maximum Gasteiger partial charge on any atom is 0.490 e. The minimum absolute atomic E-state index is 0.0368. The van der Waals surface area contributed by atoms with Gasteiger partial charge in [-0.25, -0.2) is 9.59 Å². The number of carboxylic acids is 2. The van der Waals surface area contributed by atoms with Crippen molar-refractivity contribution < 1.29 is 56.8 Å². The lowest BCUT2D eigenvalue weighted by Crippen LogP contribution is -2.49. The normalized spacial score (nSPS) is 12.5. The molecule has 2 atom stereocenters. The van der Waals surface area contributed by atoms with Crippen LogP contribution in [0.25, 0.3) is 0 Å². The van der Waals surface area contributed by atoms with E-state index in [4.69, 9.17) is 20.7 Å². The summed E-state index contributed by atoms with van der Waals surface area (Å²) >= 11 is 0. The standard InChI is InChI=1S/C11H18N2O7.C2HF3O2/c1-19-9(16)4-3-7(11(18)20-2)13-10(17)6(12)5-8(14)15;3-2(4,5)1(6)7/h6-7H,3-5,12H2,1-2H3,(H,13,17)(H,14,15);(H,6,7)/t6-,7-;/m0./s1. The van der Waals surface area contributed by atoms with Gasteiger partial charge in [-0.15, -0.1) is 0 Å². The average molecular weight is 404 g/mol. The number of alkyl halides is 3. The molecule has 0 heterocycles. The second kappa shape index (κ2) is 12.5. The lowest BCUT2D eigenvalue weighted by molar-refractivity contribution is -0.192. The third-order valence-corrected chi connectivity index (χ3v) is 2.64. The van der Waals surface area contributed by atoms with E-state index in [1.54, 1.807) is 0 Å². The molecule has 0 aliphatic carbocycles. The van der Waals surface area contributed by atoms with Gasteiger partial charge in [0.2, 0.25) is 5.91 Å². The van der Waals surface area contributed by atoms with Gasteiger partial charge in [0.1, 0.15) is 6.04 Å². The Kier molecular flexibility index (Phi) is 12.1. The molecule has 0 bridgehead atoms. The van der Waals surface area contributed by atoms with Crippen LogP contribution in [-0.4, -0.2) is 72.5 Å². The van der Waals surface area contributed by atoms with Crippen LogP contribution in [0.5, 0.6) is 0 Å². The number of nitrogens with two attached hydrogens (primary N) is 1. The van der Waals surface area contributed by atoms with E-state index in [1.165, 1.54) is 7.11 Å². The van der Waals surface area contributed by atoms with Gasteiger partial charge < -0.3 is 30.7 Å². The van der Waals surface area contributed by atoms with Crippen LogP contribution in [0, 0.1) is 0 Å². The van der Waals surface area contributed by atoms with E-state index in [0.29, 0.717) is 0 Å². The molecule has 0 unspecified atom stereocenters. The van der Waals surface area contributed by atoms with E-state index in [1.807, 2.05) is 0 Å². The molecule has 0 aliphatic rings. The van der Waals surface area contributed by atoms with Gasteiger partial charge in [0, 0.05) is 6.42 Å². The van der Waals surface area contributed by atoms with Crippen LogP contribution in [0.15, 0.2) is 0 Å². The predicted octanol–water partition coefficient (Wildman–Crippen LogP) is -0.967. The molecule has 0 aromatic carbocycles. The summed E-state index contributed by atoms with van der Waals surface area (Å²) < 4.78 is 40.6. The monoisotopic (exact) mass is 404 g/mol. The zero-order valence-electron chi connectivity index (χ0n) is 14.2. The van der Waals surface area contributed by atoms with E-state index in [-0.39, 0.29) is 12.8 Å². The zero-order chi connectivity index (χ0) is 21.8. The van der Waals surface area contributed by atoms with Gasteiger partial charge in [-0.1, -0.05) is 0 Å². The maximum atomic E-state index is 11.6. The van der Waals surface area contributed by atoms with Crippen LogP contribution in [0.4, 0.5) is 13.2 Å². The number of hydrogen-bond donors (Lipinski definition) is 4. The Hall–Kier alpha value is -2.90. The molecule has 0 saturated heterocycles. The molecule has 0 aromatic heterocycles. The van der Waals surface area contributed by atoms with Crippen molar-refractivity contribution in [2.45, 2.75) is 37.5 Å². The van der Waals surface area contributed by atoms with Gasteiger partial charge in [-0.3, -0.25) is 14.4 Å². The lowest BCUT2D eigenvalue weighted by Gasteiger charge is -2.18. The number of aliphatic carboxylic acids is 2. The maximum absolute atomic E-state index is 11.6. The van der Waals surface area contributed by atoms with Crippen molar-refractivity contribution in [3.8, 4) is 0 Å².